The van der Waals surface area contributed by atoms with E-state index in [4.69, 9.17) is 4.74 Å². The molecule has 0 saturated carbocycles. The highest BCUT2D eigenvalue weighted by Gasteiger charge is 2.32. The van der Waals surface area contributed by atoms with E-state index in [0.29, 0.717) is 16.8 Å². The number of phenolic OH excluding ortho intramolecular Hbond substituents is 1. The minimum absolute atomic E-state index is 0.130. The zero-order valence-corrected chi connectivity index (χ0v) is 14.2. The van der Waals surface area contributed by atoms with Crippen LogP contribution in [0.4, 0.5) is 0 Å². The van der Waals surface area contributed by atoms with Gasteiger partial charge in [-0.3, -0.25) is 13.9 Å². The molecule has 24 heavy (non-hydrogen) atoms. The number of rotatable bonds is 1. The maximum absolute atomic E-state index is 12.3. The normalized spacial score (nSPS) is 16.7. The van der Waals surface area contributed by atoms with Crippen LogP contribution >= 0.6 is 0 Å². The van der Waals surface area contributed by atoms with Gasteiger partial charge in [0.15, 0.2) is 0 Å². The van der Waals surface area contributed by atoms with Gasteiger partial charge in [0.1, 0.15) is 5.75 Å². The van der Waals surface area contributed by atoms with Crippen molar-refractivity contribution >= 4 is 5.57 Å². The smallest absolute Gasteiger partial charge is 0.331 e. The van der Waals surface area contributed by atoms with Crippen molar-refractivity contribution in [2.45, 2.75) is 19.8 Å². The number of fused-ring (bicyclic) bond motifs is 1. The summed E-state index contributed by atoms with van der Waals surface area (Å²) >= 11 is 0. The maximum Gasteiger partial charge on any atom is 0.331 e. The fraction of sp³-hybridized carbons (Fsp3) is 0.333. The van der Waals surface area contributed by atoms with E-state index in [-0.39, 0.29) is 24.0 Å². The van der Waals surface area contributed by atoms with Crippen LogP contribution in [-0.4, -0.2) is 20.8 Å². The van der Waals surface area contributed by atoms with Gasteiger partial charge >= 0.3 is 5.69 Å². The lowest BCUT2D eigenvalue weighted by molar-refractivity contribution is 0.281. The molecule has 0 spiro atoms. The van der Waals surface area contributed by atoms with E-state index >= 15 is 0 Å². The molecule has 0 radical (unpaired) electrons. The van der Waals surface area contributed by atoms with Crippen LogP contribution < -0.4 is 16.0 Å². The SMILES string of the molecule is C=C1c2c(c(=O)n(C)c(=O)n2C)OCC1c1c(C)cc(C)cc1O. The first-order valence-corrected chi connectivity index (χ1v) is 7.66. The molecule has 2 heterocycles. The first kappa shape index (κ1) is 16.1. The summed E-state index contributed by atoms with van der Waals surface area (Å²) in [5.74, 6) is -0.0274. The van der Waals surface area contributed by atoms with Crippen LogP contribution in [0.3, 0.4) is 0 Å². The highest BCUT2D eigenvalue weighted by Crippen LogP contribution is 2.42. The number of nitrogens with zero attached hydrogens (tertiary/aromatic N) is 2. The van der Waals surface area contributed by atoms with Crippen LogP contribution in [0.15, 0.2) is 28.3 Å². The molecule has 6 nitrogen and oxygen atoms in total. The molecule has 0 fully saturated rings. The van der Waals surface area contributed by atoms with Crippen LogP contribution in [0, 0.1) is 13.8 Å². The summed E-state index contributed by atoms with van der Waals surface area (Å²) < 4.78 is 8.07. The molecule has 1 atom stereocenters. The molecule has 3 rings (SSSR count). The maximum atomic E-state index is 12.3. The second-order valence-electron chi connectivity index (χ2n) is 6.29. The van der Waals surface area contributed by atoms with Crippen LogP contribution in [0.25, 0.3) is 5.57 Å². The number of aromatic nitrogens is 2. The van der Waals surface area contributed by atoms with E-state index in [0.717, 1.165) is 15.7 Å². The number of aromatic hydroxyl groups is 1. The average Bonchev–Trinajstić information content (AvgIpc) is 2.51. The summed E-state index contributed by atoms with van der Waals surface area (Å²) in [6.07, 6.45) is 0. The van der Waals surface area contributed by atoms with Crippen LogP contribution in [0.2, 0.25) is 0 Å². The number of phenols is 1. The predicted molar refractivity (Wildman–Crippen MR) is 91.8 cm³/mol. The van der Waals surface area contributed by atoms with Gasteiger partial charge in [0.05, 0.1) is 12.3 Å². The van der Waals surface area contributed by atoms with Gasteiger partial charge in [-0.25, -0.2) is 4.79 Å². The monoisotopic (exact) mass is 328 g/mol. The molecule has 1 aromatic heterocycles. The Labute approximate surface area is 139 Å². The molecule has 1 aliphatic rings. The van der Waals surface area contributed by atoms with Crippen molar-refractivity contribution in [2.24, 2.45) is 14.1 Å². The van der Waals surface area contributed by atoms with Gasteiger partial charge in [-0.15, -0.1) is 0 Å². The lowest BCUT2D eigenvalue weighted by Crippen LogP contribution is -2.41. The Kier molecular flexibility index (Phi) is 3.63. The first-order valence-electron chi connectivity index (χ1n) is 7.66. The fourth-order valence-electron chi connectivity index (χ4n) is 3.40. The van der Waals surface area contributed by atoms with Gasteiger partial charge in [0.25, 0.3) is 5.56 Å². The van der Waals surface area contributed by atoms with Crippen molar-refractivity contribution in [3.05, 3.63) is 61.9 Å². The van der Waals surface area contributed by atoms with Gasteiger partial charge in [-0.1, -0.05) is 12.6 Å². The van der Waals surface area contributed by atoms with Crippen molar-refractivity contribution in [1.29, 1.82) is 0 Å². The van der Waals surface area contributed by atoms with Crippen molar-refractivity contribution in [3.63, 3.8) is 0 Å². The molecule has 1 unspecified atom stereocenters. The third-order valence-electron chi connectivity index (χ3n) is 4.60. The highest BCUT2D eigenvalue weighted by molar-refractivity contribution is 5.74. The molecule has 0 aliphatic carbocycles. The molecule has 1 N–H and O–H groups in total. The Balaban J connectivity index is 2.22. The molecular formula is C18H20N2O4. The van der Waals surface area contributed by atoms with Gasteiger partial charge in [0, 0.05) is 25.6 Å². The summed E-state index contributed by atoms with van der Waals surface area (Å²) in [7, 11) is 3.00. The van der Waals surface area contributed by atoms with Crippen LogP contribution in [0.1, 0.15) is 28.3 Å². The quantitative estimate of drug-likeness (QED) is 0.863. The van der Waals surface area contributed by atoms with Crippen molar-refractivity contribution in [1.82, 2.24) is 9.13 Å². The van der Waals surface area contributed by atoms with Crippen molar-refractivity contribution in [2.75, 3.05) is 6.61 Å². The molecule has 1 aliphatic heterocycles. The van der Waals surface area contributed by atoms with Gasteiger partial charge < -0.3 is 9.84 Å². The van der Waals surface area contributed by atoms with E-state index in [1.54, 1.807) is 13.1 Å². The van der Waals surface area contributed by atoms with E-state index in [9.17, 15) is 14.7 Å². The largest absolute Gasteiger partial charge is 0.508 e. The third-order valence-corrected chi connectivity index (χ3v) is 4.60. The number of benzene rings is 1. The molecule has 0 saturated heterocycles. The standard InChI is InChI=1S/C18H20N2O4/c1-9-6-10(2)14(13(21)7-9)12-8-24-16-15(11(12)3)19(4)18(23)20(5)17(16)22/h6-7,12,21H,3,8H2,1-2,4-5H3. The summed E-state index contributed by atoms with van der Waals surface area (Å²) in [6, 6.07) is 3.66. The molecular weight excluding hydrogens is 308 g/mol. The lowest BCUT2D eigenvalue weighted by Gasteiger charge is -2.30. The average molecular weight is 328 g/mol. The fourth-order valence-corrected chi connectivity index (χ4v) is 3.40. The van der Waals surface area contributed by atoms with E-state index < -0.39 is 11.2 Å². The van der Waals surface area contributed by atoms with Crippen LogP contribution in [0.5, 0.6) is 11.5 Å². The Hall–Kier alpha value is -2.76. The number of hydrogen-bond donors (Lipinski definition) is 1. The van der Waals surface area contributed by atoms with E-state index in [1.165, 1.54) is 11.6 Å². The zero-order chi connectivity index (χ0) is 17.8. The molecule has 0 amide bonds. The number of ether oxygens (including phenoxy) is 1. The first-order chi connectivity index (χ1) is 11.2. The van der Waals surface area contributed by atoms with Crippen molar-refractivity contribution in [3.8, 4) is 11.5 Å². The Morgan fingerprint density at radius 3 is 2.50 bits per heavy atom. The third kappa shape index (κ3) is 2.18. The molecule has 2 aromatic rings. The topological polar surface area (TPSA) is 73.5 Å². The summed E-state index contributed by atoms with van der Waals surface area (Å²) in [5.41, 5.74) is 2.66. The Bertz CT molecular complexity index is 959. The predicted octanol–water partition coefficient (Wildman–Crippen LogP) is 1.60. The van der Waals surface area contributed by atoms with Gasteiger partial charge in [-0.05, 0) is 36.6 Å². The molecule has 6 heteroatoms. The van der Waals surface area contributed by atoms with Crippen LogP contribution in [-0.2, 0) is 14.1 Å². The summed E-state index contributed by atoms with van der Waals surface area (Å²) in [5, 5.41) is 10.4. The molecule has 126 valence electrons. The van der Waals surface area contributed by atoms with E-state index in [1.807, 2.05) is 19.9 Å². The van der Waals surface area contributed by atoms with E-state index in [2.05, 4.69) is 6.58 Å². The lowest BCUT2D eigenvalue weighted by atomic mass is 9.85. The van der Waals surface area contributed by atoms with Crippen molar-refractivity contribution < 1.29 is 9.84 Å². The number of hydrogen-bond acceptors (Lipinski definition) is 4. The number of aryl methyl sites for hydroxylation is 2. The second-order valence-corrected chi connectivity index (χ2v) is 6.29. The molecule has 0 bridgehead atoms. The van der Waals surface area contributed by atoms with Gasteiger partial charge in [0.2, 0.25) is 5.75 Å². The highest BCUT2D eigenvalue weighted by atomic mass is 16.5. The zero-order valence-electron chi connectivity index (χ0n) is 14.2. The second kappa shape index (κ2) is 5.40. The minimum atomic E-state index is -0.474. The summed E-state index contributed by atoms with van der Waals surface area (Å²) in [6.45, 7) is 8.10. The summed E-state index contributed by atoms with van der Waals surface area (Å²) in [4.78, 5) is 24.5. The Morgan fingerprint density at radius 1 is 1.21 bits per heavy atom. The Morgan fingerprint density at radius 2 is 1.88 bits per heavy atom. The van der Waals surface area contributed by atoms with Gasteiger partial charge in [-0.2, -0.15) is 0 Å². The molecule has 1 aromatic carbocycles. The minimum Gasteiger partial charge on any atom is -0.508 e.